The molecular formula is C51H39N3O. The minimum Gasteiger partial charge on any atom is -0.455 e. The number of rotatable bonds is 4. The van der Waals surface area contributed by atoms with Gasteiger partial charge in [0, 0.05) is 50.1 Å². The molecule has 0 saturated heterocycles. The topological polar surface area (TPSA) is 35.9 Å². The van der Waals surface area contributed by atoms with Gasteiger partial charge in [-0.05, 0) is 115 Å². The van der Waals surface area contributed by atoms with Crippen LogP contribution >= 0.6 is 0 Å². The van der Waals surface area contributed by atoms with Crippen LogP contribution in [0.2, 0.25) is 0 Å². The number of aromatic nitrogens is 3. The fraction of sp³-hybridized carbons (Fsp3) is 0.196. The molecule has 4 bridgehead atoms. The third-order valence-electron chi connectivity index (χ3n) is 13.9. The largest absolute Gasteiger partial charge is 0.455 e. The van der Waals surface area contributed by atoms with E-state index in [1.165, 1.54) is 82.1 Å². The molecule has 4 nitrogen and oxygen atoms in total. The van der Waals surface area contributed by atoms with Gasteiger partial charge in [0.25, 0.3) is 0 Å². The van der Waals surface area contributed by atoms with E-state index in [0.717, 1.165) is 62.3 Å². The zero-order valence-electron chi connectivity index (χ0n) is 30.6. The van der Waals surface area contributed by atoms with E-state index in [2.05, 4.69) is 143 Å². The molecule has 55 heavy (non-hydrogen) atoms. The lowest BCUT2D eigenvalue weighted by Crippen LogP contribution is -2.48. The molecule has 0 radical (unpaired) electrons. The van der Waals surface area contributed by atoms with Gasteiger partial charge in [-0.1, -0.05) is 91.0 Å². The summed E-state index contributed by atoms with van der Waals surface area (Å²) in [6.45, 7) is 0. The predicted octanol–water partition coefficient (Wildman–Crippen LogP) is 13.3. The van der Waals surface area contributed by atoms with Crippen LogP contribution in [0.25, 0.3) is 88.2 Å². The normalized spacial score (nSPS) is 22.0. The number of para-hydroxylation sites is 4. The average molecular weight is 710 g/mol. The molecule has 4 saturated carbocycles. The summed E-state index contributed by atoms with van der Waals surface area (Å²) in [6.07, 6.45) is 10.5. The Morgan fingerprint density at radius 2 is 1.16 bits per heavy atom. The number of benzene rings is 6. The van der Waals surface area contributed by atoms with Crippen LogP contribution in [-0.2, 0) is 5.41 Å². The van der Waals surface area contributed by atoms with Crippen molar-refractivity contribution in [3.05, 3.63) is 151 Å². The Morgan fingerprint density at radius 1 is 0.509 bits per heavy atom. The Hall–Kier alpha value is -6.13. The van der Waals surface area contributed by atoms with Crippen molar-refractivity contribution in [2.75, 3.05) is 0 Å². The molecule has 264 valence electrons. The third-order valence-corrected chi connectivity index (χ3v) is 13.9. The summed E-state index contributed by atoms with van der Waals surface area (Å²) < 4.78 is 11.3. The molecule has 0 amide bonds. The maximum absolute atomic E-state index is 6.47. The fourth-order valence-electron chi connectivity index (χ4n) is 12.1. The van der Waals surface area contributed by atoms with Crippen molar-refractivity contribution in [1.82, 2.24) is 14.1 Å². The van der Waals surface area contributed by atoms with Crippen molar-refractivity contribution >= 4 is 65.6 Å². The second-order valence-electron chi connectivity index (χ2n) is 17.0. The first-order valence-electron chi connectivity index (χ1n) is 20.1. The number of pyridine rings is 1. The number of fused-ring (bicyclic) bond motifs is 9. The molecule has 0 spiro atoms. The third kappa shape index (κ3) is 4.25. The molecule has 4 aromatic heterocycles. The van der Waals surface area contributed by atoms with E-state index in [0.29, 0.717) is 5.41 Å². The van der Waals surface area contributed by atoms with Gasteiger partial charge in [-0.2, -0.15) is 0 Å². The molecule has 6 aromatic carbocycles. The van der Waals surface area contributed by atoms with E-state index in [9.17, 15) is 0 Å². The molecule has 4 aliphatic rings. The molecule has 0 unspecified atom stereocenters. The van der Waals surface area contributed by atoms with Gasteiger partial charge in [-0.25, -0.2) is 4.98 Å². The number of furan rings is 1. The van der Waals surface area contributed by atoms with Crippen molar-refractivity contribution in [3.63, 3.8) is 0 Å². The van der Waals surface area contributed by atoms with Gasteiger partial charge in [-0.15, -0.1) is 0 Å². The first-order valence-corrected chi connectivity index (χ1v) is 20.1. The summed E-state index contributed by atoms with van der Waals surface area (Å²) in [6, 6.07) is 51.3. The van der Waals surface area contributed by atoms with Crippen LogP contribution in [0, 0.1) is 17.8 Å². The van der Waals surface area contributed by atoms with E-state index in [1.807, 2.05) is 12.3 Å². The molecule has 0 N–H and O–H groups in total. The highest BCUT2D eigenvalue weighted by Crippen LogP contribution is 2.61. The van der Waals surface area contributed by atoms with Crippen molar-refractivity contribution in [3.8, 4) is 22.6 Å². The molecule has 10 aromatic rings. The second kappa shape index (κ2) is 11.0. The van der Waals surface area contributed by atoms with Crippen molar-refractivity contribution in [2.45, 2.75) is 43.9 Å². The summed E-state index contributed by atoms with van der Waals surface area (Å²) in [5.41, 5.74) is 11.9. The van der Waals surface area contributed by atoms with Crippen LogP contribution in [0.1, 0.15) is 44.1 Å². The molecule has 4 aliphatic carbocycles. The van der Waals surface area contributed by atoms with Crippen LogP contribution in [0.15, 0.2) is 150 Å². The van der Waals surface area contributed by atoms with E-state index < -0.39 is 0 Å². The van der Waals surface area contributed by atoms with Crippen molar-refractivity contribution < 1.29 is 4.42 Å². The first kappa shape index (κ1) is 30.2. The Kier molecular flexibility index (Phi) is 6.03. The van der Waals surface area contributed by atoms with Gasteiger partial charge >= 0.3 is 0 Å². The van der Waals surface area contributed by atoms with E-state index >= 15 is 0 Å². The predicted molar refractivity (Wildman–Crippen MR) is 225 cm³/mol. The molecular weight excluding hydrogens is 671 g/mol. The summed E-state index contributed by atoms with van der Waals surface area (Å²) >= 11 is 0. The zero-order chi connectivity index (χ0) is 35.8. The van der Waals surface area contributed by atoms with Crippen LogP contribution in [-0.4, -0.2) is 14.1 Å². The molecule has 14 rings (SSSR count). The van der Waals surface area contributed by atoms with Crippen LogP contribution < -0.4 is 0 Å². The summed E-state index contributed by atoms with van der Waals surface area (Å²) in [5.74, 6) is 3.68. The van der Waals surface area contributed by atoms with Crippen LogP contribution in [0.3, 0.4) is 0 Å². The van der Waals surface area contributed by atoms with Crippen LogP contribution in [0.5, 0.6) is 0 Å². The quantitative estimate of drug-likeness (QED) is 0.182. The average Bonchev–Trinajstić information content (AvgIpc) is 3.88. The van der Waals surface area contributed by atoms with Crippen molar-refractivity contribution in [1.29, 1.82) is 0 Å². The molecule has 4 heterocycles. The highest BCUT2D eigenvalue weighted by Gasteiger charge is 2.51. The number of nitrogens with zero attached hydrogens (tertiary/aromatic N) is 3. The lowest BCUT2D eigenvalue weighted by Gasteiger charge is -2.57. The number of hydrogen-bond donors (Lipinski definition) is 0. The van der Waals surface area contributed by atoms with E-state index in [4.69, 9.17) is 9.40 Å². The van der Waals surface area contributed by atoms with Gasteiger partial charge in [0.15, 0.2) is 0 Å². The molecule has 4 heteroatoms. The maximum Gasteiger partial charge on any atom is 0.143 e. The molecule has 4 fully saturated rings. The van der Waals surface area contributed by atoms with Gasteiger partial charge in [-0.3, -0.25) is 4.57 Å². The lowest BCUT2D eigenvalue weighted by atomic mass is 9.48. The first-order chi connectivity index (χ1) is 27.2. The Balaban J connectivity index is 0.986. The van der Waals surface area contributed by atoms with Crippen LogP contribution in [0.4, 0.5) is 0 Å². The highest BCUT2D eigenvalue weighted by atomic mass is 16.3. The van der Waals surface area contributed by atoms with Gasteiger partial charge in [0.1, 0.15) is 17.0 Å². The van der Waals surface area contributed by atoms with Gasteiger partial charge in [0.2, 0.25) is 0 Å². The van der Waals surface area contributed by atoms with Gasteiger partial charge in [0.05, 0.1) is 27.8 Å². The summed E-state index contributed by atoms with van der Waals surface area (Å²) in [7, 11) is 0. The van der Waals surface area contributed by atoms with E-state index in [1.54, 1.807) is 5.56 Å². The minimum absolute atomic E-state index is 0.331. The minimum atomic E-state index is 0.331. The lowest BCUT2D eigenvalue weighted by molar-refractivity contribution is -0.00513. The standard InChI is InChI=1S/C51H39N3O/c1-5-14-45-38(8-1)40-18-17-35(51-28-31-22-32(29-51)24-33(23-31)30-51)26-47(40)54(45)49-27-36(20-21-52-49)53-44-13-4-2-9-39(44)43-25-34(16-19-46(43)53)37-11-7-12-42-41-10-3-6-15-48(41)55-50(37)42/h1-21,25-27,31-33H,22-24,28-30H2. The highest BCUT2D eigenvalue weighted by molar-refractivity contribution is 6.13. The van der Waals surface area contributed by atoms with Gasteiger partial charge < -0.3 is 8.98 Å². The monoisotopic (exact) mass is 709 g/mol. The number of hydrogen-bond acceptors (Lipinski definition) is 2. The molecule has 0 atom stereocenters. The Bertz CT molecular complexity index is 3170. The maximum atomic E-state index is 6.47. The molecule has 0 aliphatic heterocycles. The summed E-state index contributed by atoms with van der Waals surface area (Å²) in [5, 5.41) is 7.34. The Labute approximate surface area is 318 Å². The van der Waals surface area contributed by atoms with Crippen molar-refractivity contribution in [2.24, 2.45) is 17.8 Å². The Morgan fingerprint density at radius 3 is 1.96 bits per heavy atom. The zero-order valence-corrected chi connectivity index (χ0v) is 30.6. The second-order valence-corrected chi connectivity index (χ2v) is 17.0. The fourth-order valence-corrected chi connectivity index (χ4v) is 12.1. The SMILES string of the molecule is c1ccc2c(c1)oc1c(-c3ccc4c(c3)c3ccccc3n4-c3ccnc(-n4c5ccccc5c5ccc(C67CC8CC(CC(C8)C6)C7)cc54)c3)cccc12. The van der Waals surface area contributed by atoms with E-state index in [-0.39, 0.29) is 0 Å². The summed E-state index contributed by atoms with van der Waals surface area (Å²) in [4.78, 5) is 5.11. The smallest absolute Gasteiger partial charge is 0.143 e.